The van der Waals surface area contributed by atoms with Gasteiger partial charge in [0.15, 0.2) is 6.29 Å². The monoisotopic (exact) mass is 336 g/mol. The van der Waals surface area contributed by atoms with Crippen LogP contribution in [-0.2, 0) is 4.79 Å². The largest absolute Gasteiger partial charge is 0.497 e. The molecule has 0 radical (unpaired) electrons. The Hall–Kier alpha value is -1.97. The molecule has 0 aliphatic carbocycles. The van der Waals surface area contributed by atoms with Gasteiger partial charge in [-0.2, -0.15) is 0 Å². The molecule has 2 aromatic carbocycles. The van der Waals surface area contributed by atoms with E-state index in [1.165, 1.54) is 0 Å². The van der Waals surface area contributed by atoms with E-state index in [-0.39, 0.29) is 0 Å². The summed E-state index contributed by atoms with van der Waals surface area (Å²) in [4.78, 5) is 11.4. The molecule has 0 aromatic heterocycles. The van der Waals surface area contributed by atoms with Crippen LogP contribution in [0.2, 0.25) is 10.0 Å². The highest BCUT2D eigenvalue weighted by atomic mass is 35.5. The number of rotatable bonds is 5. The van der Waals surface area contributed by atoms with Gasteiger partial charge >= 0.3 is 0 Å². The van der Waals surface area contributed by atoms with Crippen LogP contribution in [0.25, 0.3) is 11.6 Å². The summed E-state index contributed by atoms with van der Waals surface area (Å²) in [5, 5.41) is 0.930. The van der Waals surface area contributed by atoms with E-state index >= 15 is 0 Å². The molecule has 2 rings (SSSR count). The molecule has 0 N–H and O–H groups in total. The second-order valence-corrected chi connectivity index (χ2v) is 5.29. The average molecular weight is 337 g/mol. The Kier molecular flexibility index (Phi) is 5.47. The molecule has 5 heteroatoms. The SMILES string of the molecule is COc1ccc(/C=C(\C=O)c2ccc(Cl)cc2Cl)c(OC)c1. The number of benzene rings is 2. The van der Waals surface area contributed by atoms with Crippen molar-refractivity contribution in [2.75, 3.05) is 14.2 Å². The minimum atomic E-state index is 0.415. The molecule has 0 amide bonds. The Morgan fingerprint density at radius 2 is 1.82 bits per heavy atom. The number of carbonyl (C=O) groups is 1. The molecule has 0 saturated heterocycles. The molecule has 0 atom stereocenters. The van der Waals surface area contributed by atoms with Crippen molar-refractivity contribution in [1.29, 1.82) is 0 Å². The second-order valence-electron chi connectivity index (χ2n) is 4.45. The zero-order valence-electron chi connectivity index (χ0n) is 12.1. The molecule has 0 bridgehead atoms. The molecule has 0 saturated carbocycles. The molecule has 0 aliphatic rings. The van der Waals surface area contributed by atoms with Gasteiger partial charge in [0.05, 0.1) is 14.2 Å². The van der Waals surface area contributed by atoms with Crippen LogP contribution in [0.3, 0.4) is 0 Å². The molecule has 0 unspecified atom stereocenters. The molecule has 114 valence electrons. The first-order valence-corrected chi connectivity index (χ1v) is 7.19. The number of hydrogen-bond acceptors (Lipinski definition) is 3. The zero-order chi connectivity index (χ0) is 16.1. The van der Waals surface area contributed by atoms with Gasteiger partial charge in [-0.25, -0.2) is 0 Å². The summed E-state index contributed by atoms with van der Waals surface area (Å²) in [5.74, 6) is 1.27. The number of halogens is 2. The summed E-state index contributed by atoms with van der Waals surface area (Å²) < 4.78 is 10.5. The van der Waals surface area contributed by atoms with Gasteiger partial charge < -0.3 is 9.47 Å². The number of allylic oxidation sites excluding steroid dienone is 1. The summed E-state index contributed by atoms with van der Waals surface area (Å²) in [6.07, 6.45) is 2.46. The summed E-state index contributed by atoms with van der Waals surface area (Å²) in [7, 11) is 3.14. The van der Waals surface area contributed by atoms with Gasteiger partial charge in [-0.1, -0.05) is 29.3 Å². The lowest BCUT2D eigenvalue weighted by molar-refractivity contribution is -0.103. The van der Waals surface area contributed by atoms with E-state index in [4.69, 9.17) is 32.7 Å². The first-order valence-electron chi connectivity index (χ1n) is 6.43. The highest BCUT2D eigenvalue weighted by Crippen LogP contribution is 2.31. The molecule has 0 fully saturated rings. The van der Waals surface area contributed by atoms with Crippen LogP contribution in [0.1, 0.15) is 11.1 Å². The lowest BCUT2D eigenvalue weighted by Crippen LogP contribution is -1.92. The van der Waals surface area contributed by atoms with Crippen molar-refractivity contribution in [3.63, 3.8) is 0 Å². The number of carbonyl (C=O) groups excluding carboxylic acids is 1. The number of methoxy groups -OCH3 is 2. The smallest absolute Gasteiger partial charge is 0.150 e. The predicted molar refractivity (Wildman–Crippen MR) is 89.9 cm³/mol. The Morgan fingerprint density at radius 3 is 2.41 bits per heavy atom. The van der Waals surface area contributed by atoms with E-state index in [1.807, 2.05) is 6.07 Å². The molecule has 2 aromatic rings. The molecule has 0 spiro atoms. The fraction of sp³-hybridized carbons (Fsp3) is 0.118. The van der Waals surface area contributed by atoms with Crippen LogP contribution in [0.5, 0.6) is 11.5 Å². The Labute approximate surface area is 139 Å². The summed E-state index contributed by atoms with van der Waals surface area (Å²) in [6.45, 7) is 0. The van der Waals surface area contributed by atoms with Crippen molar-refractivity contribution in [3.8, 4) is 11.5 Å². The van der Waals surface area contributed by atoms with E-state index in [0.717, 1.165) is 11.8 Å². The Morgan fingerprint density at radius 1 is 1.05 bits per heavy atom. The first-order chi connectivity index (χ1) is 10.6. The average Bonchev–Trinajstić information content (AvgIpc) is 2.53. The van der Waals surface area contributed by atoms with E-state index in [1.54, 1.807) is 50.6 Å². The minimum absolute atomic E-state index is 0.415. The van der Waals surface area contributed by atoms with Crippen LogP contribution in [-0.4, -0.2) is 20.5 Å². The summed E-state index contributed by atoms with van der Waals surface area (Å²) in [6, 6.07) is 10.3. The van der Waals surface area contributed by atoms with Crippen molar-refractivity contribution in [2.24, 2.45) is 0 Å². The predicted octanol–water partition coefficient (Wildman–Crippen LogP) is 4.75. The Balaban J connectivity index is 2.51. The van der Waals surface area contributed by atoms with Gasteiger partial charge in [0.1, 0.15) is 11.5 Å². The quantitative estimate of drug-likeness (QED) is 0.449. The van der Waals surface area contributed by atoms with E-state index < -0.39 is 0 Å². The number of aldehydes is 1. The van der Waals surface area contributed by atoms with Gasteiger partial charge in [-0.05, 0) is 30.3 Å². The van der Waals surface area contributed by atoms with Crippen molar-refractivity contribution in [1.82, 2.24) is 0 Å². The highest BCUT2D eigenvalue weighted by Gasteiger charge is 2.09. The van der Waals surface area contributed by atoms with Gasteiger partial charge in [0.25, 0.3) is 0 Å². The molecular formula is C17H14Cl2O3. The van der Waals surface area contributed by atoms with Crippen molar-refractivity contribution < 1.29 is 14.3 Å². The summed E-state index contributed by atoms with van der Waals surface area (Å²) in [5.41, 5.74) is 1.79. The van der Waals surface area contributed by atoms with Gasteiger partial charge in [-0.3, -0.25) is 4.79 Å². The van der Waals surface area contributed by atoms with Crippen molar-refractivity contribution in [2.45, 2.75) is 0 Å². The highest BCUT2D eigenvalue weighted by molar-refractivity contribution is 6.37. The van der Waals surface area contributed by atoms with Gasteiger partial charge in [0.2, 0.25) is 0 Å². The third-order valence-electron chi connectivity index (χ3n) is 3.12. The number of hydrogen-bond donors (Lipinski definition) is 0. The maximum Gasteiger partial charge on any atom is 0.150 e. The normalized spacial score (nSPS) is 11.2. The standard InChI is InChI=1S/C17H14Cl2O3/c1-21-14-5-3-11(17(9-14)22-2)7-12(10-20)15-6-4-13(18)8-16(15)19/h3-10H,1-2H3/b12-7+. The molecule has 3 nitrogen and oxygen atoms in total. The lowest BCUT2D eigenvalue weighted by Gasteiger charge is -2.09. The molecule has 0 aliphatic heterocycles. The van der Waals surface area contributed by atoms with Crippen LogP contribution in [0.15, 0.2) is 36.4 Å². The Bertz CT molecular complexity index is 724. The molecule has 0 heterocycles. The van der Waals surface area contributed by atoms with E-state index in [9.17, 15) is 4.79 Å². The van der Waals surface area contributed by atoms with Gasteiger partial charge in [0, 0.05) is 32.8 Å². The van der Waals surface area contributed by atoms with Gasteiger partial charge in [-0.15, -0.1) is 0 Å². The summed E-state index contributed by atoms with van der Waals surface area (Å²) >= 11 is 12.0. The zero-order valence-corrected chi connectivity index (χ0v) is 13.6. The fourth-order valence-electron chi connectivity index (χ4n) is 2.00. The minimum Gasteiger partial charge on any atom is -0.497 e. The van der Waals surface area contributed by atoms with Crippen molar-refractivity contribution in [3.05, 3.63) is 57.6 Å². The maximum absolute atomic E-state index is 11.4. The fourth-order valence-corrected chi connectivity index (χ4v) is 2.52. The topological polar surface area (TPSA) is 35.5 Å². The van der Waals surface area contributed by atoms with Crippen LogP contribution in [0.4, 0.5) is 0 Å². The van der Waals surface area contributed by atoms with Crippen molar-refractivity contribution >= 4 is 41.1 Å². The molecular weight excluding hydrogens is 323 g/mol. The third kappa shape index (κ3) is 3.62. The van der Waals surface area contributed by atoms with Crippen LogP contribution >= 0.6 is 23.2 Å². The molecule has 22 heavy (non-hydrogen) atoms. The second kappa shape index (κ2) is 7.34. The van der Waals surface area contributed by atoms with E-state index in [2.05, 4.69) is 0 Å². The lowest BCUT2D eigenvalue weighted by atomic mass is 10.0. The first kappa shape index (κ1) is 16.4. The van der Waals surface area contributed by atoms with E-state index in [0.29, 0.717) is 32.7 Å². The third-order valence-corrected chi connectivity index (χ3v) is 3.67. The van der Waals surface area contributed by atoms with Crippen LogP contribution < -0.4 is 9.47 Å². The number of ether oxygens (including phenoxy) is 2. The maximum atomic E-state index is 11.4. The van der Waals surface area contributed by atoms with Crippen LogP contribution in [0, 0.1) is 0 Å².